The van der Waals surface area contributed by atoms with Gasteiger partial charge in [0, 0.05) is 24.7 Å². The normalized spacial score (nSPS) is 12.0. The number of carbonyl (C=O) groups excluding carboxylic acids is 2. The van der Waals surface area contributed by atoms with Crippen molar-refractivity contribution in [1.29, 1.82) is 0 Å². The molecule has 0 aliphatic rings. The number of anilines is 1. The molecule has 0 aliphatic heterocycles. The fourth-order valence-corrected chi connectivity index (χ4v) is 2.92. The Hall–Kier alpha value is -2.66. The van der Waals surface area contributed by atoms with Crippen molar-refractivity contribution in [3.8, 4) is 0 Å². The zero-order chi connectivity index (χ0) is 18.9. The maximum atomic E-state index is 12.8. The van der Waals surface area contributed by atoms with Crippen LogP contribution in [0.25, 0.3) is 0 Å². The van der Waals surface area contributed by atoms with Gasteiger partial charge in [-0.05, 0) is 23.6 Å². The molecule has 0 heterocycles. The van der Waals surface area contributed by atoms with Gasteiger partial charge < -0.3 is 16.0 Å². The molecular weight excluding hydrogens is 326 g/mol. The summed E-state index contributed by atoms with van der Waals surface area (Å²) in [6.45, 7) is 4.71. The number of amides is 2. The lowest BCUT2D eigenvalue weighted by Crippen LogP contribution is -2.41. The van der Waals surface area contributed by atoms with E-state index in [0.717, 1.165) is 11.3 Å². The average molecular weight is 353 g/mol. The Morgan fingerprint density at radius 1 is 1.00 bits per heavy atom. The van der Waals surface area contributed by atoms with Crippen LogP contribution in [-0.2, 0) is 9.59 Å². The maximum Gasteiger partial charge on any atom is 0.240 e. The third kappa shape index (κ3) is 5.70. The lowest BCUT2D eigenvalue weighted by Gasteiger charge is -2.26. The van der Waals surface area contributed by atoms with Crippen LogP contribution >= 0.6 is 0 Å². The van der Waals surface area contributed by atoms with Crippen molar-refractivity contribution in [2.45, 2.75) is 26.3 Å². The zero-order valence-corrected chi connectivity index (χ0v) is 15.4. The summed E-state index contributed by atoms with van der Waals surface area (Å²) in [5, 5.41) is 3.37. The molecule has 2 amide bonds. The number of benzene rings is 2. The molecule has 0 spiro atoms. The molecule has 0 aromatic heterocycles. The largest absolute Gasteiger partial charge is 0.370 e. The predicted octanol–water partition coefficient (Wildman–Crippen LogP) is 2.88. The minimum absolute atomic E-state index is 0.0777. The number of hydrogen-bond donors (Lipinski definition) is 2. The Bertz CT molecular complexity index is 702. The molecule has 2 aromatic rings. The quantitative estimate of drug-likeness (QED) is 0.728. The molecule has 1 atom stereocenters. The van der Waals surface area contributed by atoms with Gasteiger partial charge in [-0.25, -0.2) is 0 Å². The van der Waals surface area contributed by atoms with Crippen LogP contribution in [0, 0.1) is 5.92 Å². The average Bonchev–Trinajstić information content (AvgIpc) is 2.63. The van der Waals surface area contributed by atoms with E-state index in [4.69, 9.17) is 5.73 Å². The van der Waals surface area contributed by atoms with Crippen LogP contribution in [-0.4, -0.2) is 24.9 Å². The first-order valence-corrected chi connectivity index (χ1v) is 8.91. The van der Waals surface area contributed by atoms with E-state index >= 15 is 0 Å². The smallest absolute Gasteiger partial charge is 0.240 e. The summed E-state index contributed by atoms with van der Waals surface area (Å²) >= 11 is 0. The van der Waals surface area contributed by atoms with Crippen molar-refractivity contribution in [2.75, 3.05) is 18.0 Å². The molecule has 2 aromatic carbocycles. The predicted molar refractivity (Wildman–Crippen MR) is 105 cm³/mol. The van der Waals surface area contributed by atoms with Crippen molar-refractivity contribution >= 4 is 17.5 Å². The second kappa shape index (κ2) is 9.73. The molecule has 2 rings (SSSR count). The van der Waals surface area contributed by atoms with Crippen LogP contribution < -0.4 is 16.0 Å². The fourth-order valence-electron chi connectivity index (χ4n) is 2.92. The number of nitrogens with one attached hydrogen (secondary N) is 1. The topological polar surface area (TPSA) is 75.4 Å². The Kier molecular flexibility index (Phi) is 7.36. The van der Waals surface area contributed by atoms with Crippen LogP contribution in [0.2, 0.25) is 0 Å². The third-order valence-electron chi connectivity index (χ3n) is 4.25. The minimum Gasteiger partial charge on any atom is -0.370 e. The van der Waals surface area contributed by atoms with E-state index in [1.165, 1.54) is 0 Å². The summed E-state index contributed by atoms with van der Waals surface area (Å²) in [4.78, 5) is 25.6. The van der Waals surface area contributed by atoms with Crippen LogP contribution in [0.3, 0.4) is 0 Å². The summed E-state index contributed by atoms with van der Waals surface area (Å²) < 4.78 is 0. The Labute approximate surface area is 155 Å². The first-order chi connectivity index (χ1) is 12.5. The van der Waals surface area contributed by atoms with Gasteiger partial charge in [-0.2, -0.15) is 0 Å². The molecule has 0 aliphatic carbocycles. The van der Waals surface area contributed by atoms with Gasteiger partial charge >= 0.3 is 0 Å². The summed E-state index contributed by atoms with van der Waals surface area (Å²) in [7, 11) is 0. The molecule has 0 bridgehead atoms. The van der Waals surface area contributed by atoms with Crippen molar-refractivity contribution in [3.05, 3.63) is 66.2 Å². The molecule has 0 radical (unpaired) electrons. The van der Waals surface area contributed by atoms with Gasteiger partial charge in [0.1, 0.15) is 0 Å². The molecule has 1 unspecified atom stereocenters. The van der Waals surface area contributed by atoms with Crippen molar-refractivity contribution < 1.29 is 9.59 Å². The van der Waals surface area contributed by atoms with Crippen LogP contribution in [0.1, 0.15) is 31.9 Å². The van der Waals surface area contributed by atoms with E-state index < -0.39 is 5.91 Å². The molecule has 0 saturated heterocycles. The standard InChI is InChI=1S/C21H27N3O2/c1-16(2)21(17-9-5-3-6-10-17)23-15-20(26)24(14-13-19(22)25)18-11-7-4-8-12-18/h3-12,16,21,23H,13-15H2,1-2H3,(H2,22,25). The molecule has 0 fully saturated rings. The highest BCUT2D eigenvalue weighted by Gasteiger charge is 2.20. The van der Waals surface area contributed by atoms with Crippen molar-refractivity contribution in [1.82, 2.24) is 5.32 Å². The molecule has 26 heavy (non-hydrogen) atoms. The van der Waals surface area contributed by atoms with Gasteiger partial charge in [-0.15, -0.1) is 0 Å². The Morgan fingerprint density at radius 3 is 2.12 bits per heavy atom. The minimum atomic E-state index is -0.420. The molecule has 3 N–H and O–H groups in total. The number of carbonyl (C=O) groups is 2. The van der Waals surface area contributed by atoms with Gasteiger partial charge in [0.05, 0.1) is 6.54 Å². The molecular formula is C21H27N3O2. The van der Waals surface area contributed by atoms with Gasteiger partial charge in [0.2, 0.25) is 11.8 Å². The number of nitrogens with two attached hydrogens (primary N) is 1. The molecule has 138 valence electrons. The van der Waals surface area contributed by atoms with Crippen LogP contribution in [0.15, 0.2) is 60.7 Å². The van der Waals surface area contributed by atoms with Crippen molar-refractivity contribution in [3.63, 3.8) is 0 Å². The van der Waals surface area contributed by atoms with Gasteiger partial charge in [0.25, 0.3) is 0 Å². The zero-order valence-electron chi connectivity index (χ0n) is 15.4. The number of para-hydroxylation sites is 1. The summed E-state index contributed by atoms with van der Waals surface area (Å²) in [6, 6.07) is 19.5. The maximum absolute atomic E-state index is 12.8. The van der Waals surface area contributed by atoms with Crippen molar-refractivity contribution in [2.24, 2.45) is 11.7 Å². The molecule has 0 saturated carbocycles. The van der Waals surface area contributed by atoms with E-state index in [-0.39, 0.29) is 31.5 Å². The number of nitrogens with zero attached hydrogens (tertiary/aromatic N) is 1. The molecule has 5 nitrogen and oxygen atoms in total. The van der Waals surface area contributed by atoms with E-state index in [1.54, 1.807) is 4.90 Å². The summed E-state index contributed by atoms with van der Waals surface area (Å²) in [6.07, 6.45) is 0.132. The highest BCUT2D eigenvalue weighted by molar-refractivity contribution is 5.95. The summed E-state index contributed by atoms with van der Waals surface area (Å²) in [5.74, 6) is -0.170. The first-order valence-electron chi connectivity index (χ1n) is 8.91. The van der Waals surface area contributed by atoms with E-state index in [9.17, 15) is 9.59 Å². The van der Waals surface area contributed by atoms with Crippen LogP contribution in [0.4, 0.5) is 5.69 Å². The SMILES string of the molecule is CC(C)C(NCC(=O)N(CCC(N)=O)c1ccccc1)c1ccccc1. The third-order valence-corrected chi connectivity index (χ3v) is 4.25. The summed E-state index contributed by atoms with van der Waals surface area (Å²) in [5.41, 5.74) is 7.18. The van der Waals surface area contributed by atoms with E-state index in [0.29, 0.717) is 5.92 Å². The second-order valence-corrected chi connectivity index (χ2v) is 6.61. The number of rotatable bonds is 9. The van der Waals surface area contributed by atoms with Gasteiger partial charge in [-0.3, -0.25) is 9.59 Å². The Morgan fingerprint density at radius 2 is 1.58 bits per heavy atom. The highest BCUT2D eigenvalue weighted by Crippen LogP contribution is 2.21. The number of hydrogen-bond acceptors (Lipinski definition) is 3. The number of primary amides is 1. The fraction of sp³-hybridized carbons (Fsp3) is 0.333. The monoisotopic (exact) mass is 353 g/mol. The van der Waals surface area contributed by atoms with Gasteiger partial charge in [0.15, 0.2) is 0 Å². The lowest BCUT2D eigenvalue weighted by molar-refractivity contribution is -0.118. The Balaban J connectivity index is 2.09. The lowest BCUT2D eigenvalue weighted by atomic mass is 9.96. The highest BCUT2D eigenvalue weighted by atomic mass is 16.2. The van der Waals surface area contributed by atoms with Gasteiger partial charge in [-0.1, -0.05) is 62.4 Å². The van der Waals surface area contributed by atoms with Crippen LogP contribution in [0.5, 0.6) is 0 Å². The first kappa shape index (κ1) is 19.7. The van der Waals surface area contributed by atoms with E-state index in [1.807, 2.05) is 48.5 Å². The second-order valence-electron chi connectivity index (χ2n) is 6.61. The molecule has 5 heteroatoms. The van der Waals surface area contributed by atoms with E-state index in [2.05, 4.69) is 31.3 Å².